The van der Waals surface area contributed by atoms with Gasteiger partial charge in [-0.15, -0.1) is 0 Å². The average Bonchev–Trinajstić information content (AvgIpc) is 2.86. The van der Waals surface area contributed by atoms with Gasteiger partial charge in [0.05, 0.1) is 0 Å². The molecule has 0 bridgehead atoms. The normalized spacial score (nSPS) is 20.2. The molecule has 8 heteroatoms. The molecule has 152 valence electrons. The van der Waals surface area contributed by atoms with Crippen LogP contribution in [0.4, 0.5) is 0 Å². The van der Waals surface area contributed by atoms with Crippen molar-refractivity contribution in [1.29, 1.82) is 0 Å². The summed E-state index contributed by atoms with van der Waals surface area (Å²) in [4.78, 5) is 0. The van der Waals surface area contributed by atoms with Crippen LogP contribution in [0, 0.1) is 0 Å². The lowest BCUT2D eigenvalue weighted by atomic mass is 10.4. The maximum absolute atomic E-state index is 5.30. The van der Waals surface area contributed by atoms with Crippen molar-refractivity contribution in [3.8, 4) is 0 Å². The van der Waals surface area contributed by atoms with Crippen molar-refractivity contribution in [1.82, 2.24) is 0 Å². The van der Waals surface area contributed by atoms with Gasteiger partial charge in [-0.3, -0.25) is 0 Å². The second-order valence-corrected chi connectivity index (χ2v) is 14.1. The first kappa shape index (κ1) is 21.1. The van der Waals surface area contributed by atoms with Crippen LogP contribution >= 0.6 is 31.5 Å². The topological polar surface area (TPSA) is 49.4 Å². The molecule has 1 aliphatic heterocycles. The molecule has 0 spiro atoms. The van der Waals surface area contributed by atoms with Gasteiger partial charge in [-0.2, -0.15) is 0 Å². The van der Waals surface area contributed by atoms with Gasteiger partial charge in [0, 0.05) is 0 Å². The molecular weight excluding hydrogens is 468 g/mol. The molecule has 1 aliphatic rings. The van der Waals surface area contributed by atoms with Crippen molar-refractivity contribution >= 4 is 52.7 Å². The van der Waals surface area contributed by atoms with Crippen LogP contribution < -0.4 is 21.2 Å². The van der Waals surface area contributed by atoms with E-state index in [4.69, 9.17) is 18.1 Å². The highest BCUT2D eigenvalue weighted by molar-refractivity contribution is 7.77. The number of nitrogens with zero attached hydrogens (tertiary/aromatic N) is 4. The zero-order valence-corrected chi connectivity index (χ0v) is 20.7. The van der Waals surface area contributed by atoms with Gasteiger partial charge in [-0.1, -0.05) is 72.8 Å². The Morgan fingerprint density at radius 1 is 0.281 bits per heavy atom. The molecule has 4 nitrogen and oxygen atoms in total. The molecule has 0 atom stereocenters. The zero-order valence-electron chi connectivity index (χ0n) is 17.1. The third-order valence-corrected chi connectivity index (χ3v) is 13.1. The molecule has 0 N–H and O–H groups in total. The molecule has 32 heavy (non-hydrogen) atoms. The van der Waals surface area contributed by atoms with Gasteiger partial charge in [0.1, 0.15) is 0 Å². The molecule has 4 aromatic rings. The Morgan fingerprint density at radius 3 is 0.656 bits per heavy atom. The van der Waals surface area contributed by atoms with Gasteiger partial charge in [-0.25, -0.2) is 0 Å². The van der Waals surface area contributed by atoms with E-state index < -0.39 is 31.5 Å². The van der Waals surface area contributed by atoms with E-state index in [1.807, 2.05) is 24.3 Å². The molecule has 4 aromatic carbocycles. The van der Waals surface area contributed by atoms with Crippen LogP contribution in [-0.4, -0.2) is 0 Å². The molecule has 0 fully saturated rings. The van der Waals surface area contributed by atoms with Crippen molar-refractivity contribution in [2.45, 2.75) is 0 Å². The molecule has 0 amide bonds. The Morgan fingerprint density at radius 2 is 0.469 bits per heavy atom. The lowest BCUT2D eigenvalue weighted by molar-refractivity contribution is 1.70. The lowest BCUT2D eigenvalue weighted by Gasteiger charge is -1.88. The van der Waals surface area contributed by atoms with Gasteiger partial charge in [-0.05, 0) is 48.5 Å². The SMILES string of the molecule is c1ccc([P+]2=N/[P+](c3ccccc3)=N\[P+](c3ccccc3)=N/[P+](c3ccccc3)=N\2)cc1. The molecule has 5 rings (SSSR count). The van der Waals surface area contributed by atoms with Gasteiger partial charge in [0.15, 0.2) is 18.1 Å². The molecule has 0 aromatic heterocycles. The van der Waals surface area contributed by atoms with E-state index in [0.717, 1.165) is 21.2 Å². The average molecular weight is 488 g/mol. The van der Waals surface area contributed by atoms with Gasteiger partial charge >= 0.3 is 31.5 Å². The summed E-state index contributed by atoms with van der Waals surface area (Å²) in [6, 6.07) is 41.6. The summed E-state index contributed by atoms with van der Waals surface area (Å²) in [7, 11) is -4.38. The number of hydrogen-bond donors (Lipinski definition) is 0. The predicted molar refractivity (Wildman–Crippen MR) is 142 cm³/mol. The minimum atomic E-state index is -1.09. The molecule has 0 aliphatic carbocycles. The first-order chi connectivity index (χ1) is 15.9. The minimum absolute atomic E-state index is 1.09. The fourth-order valence-electron chi connectivity index (χ4n) is 3.05. The largest absolute Gasteiger partial charge is 0.488 e. The van der Waals surface area contributed by atoms with Crippen LogP contribution in [-0.2, 0) is 0 Å². The van der Waals surface area contributed by atoms with E-state index in [-0.39, 0.29) is 0 Å². The monoisotopic (exact) mass is 488 g/mol. The van der Waals surface area contributed by atoms with E-state index in [1.165, 1.54) is 0 Å². The fourth-order valence-corrected chi connectivity index (χ4v) is 12.5. The first-order valence-corrected chi connectivity index (χ1v) is 15.1. The van der Waals surface area contributed by atoms with Crippen molar-refractivity contribution < 1.29 is 0 Å². The number of rotatable bonds is 4. The van der Waals surface area contributed by atoms with Crippen molar-refractivity contribution in [3.05, 3.63) is 121 Å². The molecular formula is C24H20N4P4+4. The summed E-state index contributed by atoms with van der Waals surface area (Å²) in [5.41, 5.74) is 0. The van der Waals surface area contributed by atoms with Crippen molar-refractivity contribution in [2.24, 2.45) is 18.1 Å². The maximum atomic E-state index is 5.30. The molecule has 0 saturated heterocycles. The van der Waals surface area contributed by atoms with E-state index in [0.29, 0.717) is 0 Å². The molecule has 0 saturated carbocycles. The van der Waals surface area contributed by atoms with Gasteiger partial charge in [0.25, 0.3) is 0 Å². The predicted octanol–water partition coefficient (Wildman–Crippen LogP) is 7.62. The fraction of sp³-hybridized carbons (Fsp3) is 0. The highest BCUT2D eigenvalue weighted by atomic mass is 31.2. The summed E-state index contributed by atoms with van der Waals surface area (Å²) in [5, 5.41) is 4.58. The van der Waals surface area contributed by atoms with E-state index in [1.54, 1.807) is 0 Å². The summed E-state index contributed by atoms with van der Waals surface area (Å²) in [6.45, 7) is 0. The summed E-state index contributed by atoms with van der Waals surface area (Å²) < 4.78 is 21.2. The van der Waals surface area contributed by atoms with Crippen LogP contribution in [0.3, 0.4) is 0 Å². The molecule has 0 radical (unpaired) electrons. The standard InChI is InChI=1S/C24H20N4P4/c1-5-13-21(14-6-1)29-25-30(22-15-7-2-8-16-22)27-32(24-19-11-4-12-20-24)28-31(26-29)23-17-9-3-10-18-23/h1-20H/q+4. The highest BCUT2D eigenvalue weighted by Crippen LogP contribution is 2.54. The Hall–Kier alpha value is -2.72. The minimum Gasteiger partial charge on any atom is -0.0619 e. The van der Waals surface area contributed by atoms with Gasteiger partial charge < -0.3 is 0 Å². The second-order valence-electron chi connectivity index (χ2n) is 6.86. The number of hydrogen-bond acceptors (Lipinski definition) is 4. The number of benzene rings is 4. The summed E-state index contributed by atoms with van der Waals surface area (Å²) in [5.74, 6) is 0. The zero-order chi connectivity index (χ0) is 21.6. The van der Waals surface area contributed by atoms with E-state index >= 15 is 0 Å². The summed E-state index contributed by atoms with van der Waals surface area (Å²) >= 11 is 0. The Kier molecular flexibility index (Phi) is 6.78. The maximum Gasteiger partial charge on any atom is 0.488 e. The third-order valence-electron chi connectivity index (χ3n) is 4.63. The first-order valence-electron chi connectivity index (χ1n) is 10.1. The third kappa shape index (κ3) is 5.02. The van der Waals surface area contributed by atoms with E-state index in [2.05, 4.69) is 97.1 Å². The van der Waals surface area contributed by atoms with Crippen LogP contribution in [0.5, 0.6) is 0 Å². The lowest BCUT2D eigenvalue weighted by Crippen LogP contribution is -1.99. The Labute approximate surface area is 191 Å². The van der Waals surface area contributed by atoms with Crippen LogP contribution in [0.2, 0.25) is 0 Å². The Balaban J connectivity index is 1.75. The quantitative estimate of drug-likeness (QED) is 0.265. The molecule has 0 unspecified atom stereocenters. The highest BCUT2D eigenvalue weighted by Gasteiger charge is 2.44. The van der Waals surface area contributed by atoms with Crippen LogP contribution in [0.15, 0.2) is 139 Å². The van der Waals surface area contributed by atoms with E-state index in [9.17, 15) is 0 Å². The summed E-state index contributed by atoms with van der Waals surface area (Å²) in [6.07, 6.45) is 0. The smallest absolute Gasteiger partial charge is 0.0619 e. The Bertz CT molecular complexity index is 1110. The van der Waals surface area contributed by atoms with Crippen molar-refractivity contribution in [3.63, 3.8) is 0 Å². The molecule has 1 heterocycles. The van der Waals surface area contributed by atoms with Crippen LogP contribution in [0.25, 0.3) is 0 Å². The van der Waals surface area contributed by atoms with Gasteiger partial charge in [0.2, 0.25) is 21.2 Å². The second kappa shape index (κ2) is 10.3. The van der Waals surface area contributed by atoms with Crippen molar-refractivity contribution in [2.75, 3.05) is 0 Å². The van der Waals surface area contributed by atoms with Crippen LogP contribution in [0.1, 0.15) is 0 Å².